The Kier molecular flexibility index (Phi) is 8.39. The summed E-state index contributed by atoms with van der Waals surface area (Å²) >= 11 is 0. The van der Waals surface area contributed by atoms with E-state index in [0.29, 0.717) is 23.5 Å². The van der Waals surface area contributed by atoms with Gasteiger partial charge in [-0.2, -0.15) is 0 Å². The van der Waals surface area contributed by atoms with E-state index in [1.807, 2.05) is 18.7 Å². The summed E-state index contributed by atoms with van der Waals surface area (Å²) in [7, 11) is 0. The molecule has 0 aromatic heterocycles. The molecule has 1 aliphatic rings. The molecule has 0 spiro atoms. The zero-order valence-corrected chi connectivity index (χ0v) is 15.8. The molecule has 0 aromatic carbocycles. The van der Waals surface area contributed by atoms with Crippen molar-refractivity contribution in [1.82, 2.24) is 10.2 Å². The molecule has 0 aliphatic carbocycles. The minimum atomic E-state index is -0.662. The molecule has 3 N–H and O–H groups in total. The largest absolute Gasteiger partial charge is 0.462 e. The Morgan fingerprint density at radius 1 is 1.21 bits per heavy atom. The minimum absolute atomic E-state index is 0.204. The normalized spacial score (nSPS) is 17.2. The first-order chi connectivity index (χ1) is 11.2. The van der Waals surface area contributed by atoms with Crippen LogP contribution in [-0.4, -0.2) is 54.2 Å². The van der Waals surface area contributed by atoms with Gasteiger partial charge in [-0.25, -0.2) is 0 Å². The molecular formula is C18H34N4O2. The van der Waals surface area contributed by atoms with Gasteiger partial charge in [-0.1, -0.05) is 13.8 Å². The summed E-state index contributed by atoms with van der Waals surface area (Å²) in [6.45, 7) is 12.2. The van der Waals surface area contributed by atoms with Crippen LogP contribution in [0.15, 0.2) is 0 Å². The third kappa shape index (κ3) is 6.99. The van der Waals surface area contributed by atoms with Crippen molar-refractivity contribution in [3.63, 3.8) is 0 Å². The maximum absolute atomic E-state index is 12.3. The second-order valence-electron chi connectivity index (χ2n) is 7.47. The van der Waals surface area contributed by atoms with Crippen LogP contribution in [0.3, 0.4) is 0 Å². The molecule has 1 unspecified atom stereocenters. The number of carbonyl (C=O) groups excluding carboxylic acids is 1. The fourth-order valence-electron chi connectivity index (χ4n) is 2.86. The molecule has 0 amide bonds. The van der Waals surface area contributed by atoms with Gasteiger partial charge in [-0.05, 0) is 46.1 Å². The van der Waals surface area contributed by atoms with E-state index < -0.39 is 5.92 Å². The number of esters is 1. The second kappa shape index (κ2) is 9.77. The molecule has 0 saturated carbocycles. The zero-order valence-electron chi connectivity index (χ0n) is 15.8. The summed E-state index contributed by atoms with van der Waals surface area (Å²) in [5.74, 6) is -0.117. The first-order valence-electron chi connectivity index (χ1n) is 9.02. The first kappa shape index (κ1) is 20.6. The highest BCUT2D eigenvalue weighted by Gasteiger charge is 2.31. The monoisotopic (exact) mass is 338 g/mol. The average Bonchev–Trinajstić information content (AvgIpc) is 2.49. The first-order valence-corrected chi connectivity index (χ1v) is 9.02. The van der Waals surface area contributed by atoms with E-state index in [0.717, 1.165) is 32.5 Å². The molecule has 6 heteroatoms. The van der Waals surface area contributed by atoms with Gasteiger partial charge < -0.3 is 20.4 Å². The summed E-state index contributed by atoms with van der Waals surface area (Å²) < 4.78 is 5.30. The predicted molar refractivity (Wildman–Crippen MR) is 97.9 cm³/mol. The van der Waals surface area contributed by atoms with E-state index in [-0.39, 0.29) is 18.5 Å². The van der Waals surface area contributed by atoms with Crippen LogP contribution in [0.5, 0.6) is 0 Å². The number of likely N-dealkylation sites (tertiary alicyclic amines) is 1. The Bertz CT molecular complexity index is 440. The molecule has 1 heterocycles. The third-order valence-electron chi connectivity index (χ3n) is 4.13. The van der Waals surface area contributed by atoms with E-state index in [9.17, 15) is 4.79 Å². The minimum Gasteiger partial charge on any atom is -0.462 e. The average molecular weight is 338 g/mol. The number of ether oxygens (including phenoxy) is 1. The van der Waals surface area contributed by atoms with Gasteiger partial charge >= 0.3 is 5.97 Å². The zero-order chi connectivity index (χ0) is 18.3. The lowest BCUT2D eigenvalue weighted by atomic mass is 9.97. The standard InChI is InChI=1S/C18H34N4O2/c1-12(2)11-21-15-6-8-22(9-7-15)17(20)16(10-14(5)19)18(23)24-13(3)4/h12-13,15-16,19-21H,6-11H2,1-5H3. The van der Waals surface area contributed by atoms with Gasteiger partial charge in [0.1, 0.15) is 11.8 Å². The molecule has 6 nitrogen and oxygen atoms in total. The van der Waals surface area contributed by atoms with Crippen LogP contribution in [0.4, 0.5) is 0 Å². The van der Waals surface area contributed by atoms with Crippen molar-refractivity contribution < 1.29 is 9.53 Å². The van der Waals surface area contributed by atoms with Crippen molar-refractivity contribution in [2.24, 2.45) is 11.8 Å². The van der Waals surface area contributed by atoms with Gasteiger partial charge in [0.2, 0.25) is 0 Å². The predicted octanol–water partition coefficient (Wildman–Crippen LogP) is 2.67. The number of amidine groups is 1. The molecule has 0 radical (unpaired) electrons. The van der Waals surface area contributed by atoms with Gasteiger partial charge in [-0.15, -0.1) is 0 Å². The van der Waals surface area contributed by atoms with Gasteiger partial charge in [-0.3, -0.25) is 10.2 Å². The van der Waals surface area contributed by atoms with Crippen molar-refractivity contribution in [3.05, 3.63) is 0 Å². The van der Waals surface area contributed by atoms with Crippen molar-refractivity contribution in [1.29, 1.82) is 10.8 Å². The Hall–Kier alpha value is -1.43. The van der Waals surface area contributed by atoms with Gasteiger partial charge in [0.15, 0.2) is 0 Å². The second-order valence-corrected chi connectivity index (χ2v) is 7.47. The highest BCUT2D eigenvalue weighted by Crippen LogP contribution is 2.18. The van der Waals surface area contributed by atoms with E-state index in [1.54, 1.807) is 6.92 Å². The molecule has 1 rings (SSSR count). The highest BCUT2D eigenvalue weighted by atomic mass is 16.5. The molecule has 24 heavy (non-hydrogen) atoms. The van der Waals surface area contributed by atoms with Crippen LogP contribution in [-0.2, 0) is 9.53 Å². The topological polar surface area (TPSA) is 89.3 Å². The summed E-state index contributed by atoms with van der Waals surface area (Å²) in [5, 5.41) is 19.7. The fraction of sp³-hybridized carbons (Fsp3) is 0.833. The number of carbonyl (C=O) groups is 1. The van der Waals surface area contributed by atoms with E-state index >= 15 is 0 Å². The van der Waals surface area contributed by atoms with Crippen molar-refractivity contribution in [3.8, 4) is 0 Å². The lowest BCUT2D eigenvalue weighted by Crippen LogP contribution is -2.48. The van der Waals surface area contributed by atoms with E-state index in [4.69, 9.17) is 15.6 Å². The van der Waals surface area contributed by atoms with Gasteiger partial charge in [0, 0.05) is 31.3 Å². The van der Waals surface area contributed by atoms with Crippen LogP contribution in [0.25, 0.3) is 0 Å². The van der Waals surface area contributed by atoms with Crippen molar-refractivity contribution >= 4 is 17.5 Å². The molecule has 138 valence electrons. The number of hydrogen-bond acceptors (Lipinski definition) is 5. The Balaban J connectivity index is 2.61. The van der Waals surface area contributed by atoms with Gasteiger partial charge in [0.05, 0.1) is 6.10 Å². The van der Waals surface area contributed by atoms with Gasteiger partial charge in [0.25, 0.3) is 0 Å². The smallest absolute Gasteiger partial charge is 0.317 e. The quantitative estimate of drug-likeness (QED) is 0.361. The number of nitrogens with zero attached hydrogens (tertiary/aromatic N) is 1. The fourth-order valence-corrected chi connectivity index (χ4v) is 2.86. The Labute approximate surface area is 146 Å². The number of nitrogens with one attached hydrogen (secondary N) is 3. The van der Waals surface area contributed by atoms with Crippen molar-refractivity contribution in [2.45, 2.75) is 66.0 Å². The van der Waals surface area contributed by atoms with E-state index in [1.165, 1.54) is 0 Å². The van der Waals surface area contributed by atoms with E-state index in [2.05, 4.69) is 19.2 Å². The SMILES string of the molecule is CC(=N)CC(C(=N)N1CCC(NCC(C)C)CC1)C(=O)OC(C)C. The maximum atomic E-state index is 12.3. The van der Waals surface area contributed by atoms with Crippen LogP contribution >= 0.6 is 0 Å². The summed E-state index contributed by atoms with van der Waals surface area (Å²) in [6.07, 6.45) is 2.01. The highest BCUT2D eigenvalue weighted by molar-refractivity contribution is 6.02. The summed E-state index contributed by atoms with van der Waals surface area (Å²) in [6, 6.07) is 0.488. The van der Waals surface area contributed by atoms with Crippen LogP contribution in [0.2, 0.25) is 0 Å². The number of rotatable bonds is 8. The Morgan fingerprint density at radius 2 is 1.79 bits per heavy atom. The molecule has 0 bridgehead atoms. The summed E-state index contributed by atoms with van der Waals surface area (Å²) in [5.41, 5.74) is 0.402. The molecule has 1 aliphatic heterocycles. The molecule has 1 saturated heterocycles. The summed E-state index contributed by atoms with van der Waals surface area (Å²) in [4.78, 5) is 14.3. The van der Waals surface area contributed by atoms with Crippen LogP contribution < -0.4 is 5.32 Å². The lowest BCUT2D eigenvalue weighted by Gasteiger charge is -2.36. The van der Waals surface area contributed by atoms with Crippen LogP contribution in [0, 0.1) is 22.7 Å². The molecule has 1 fully saturated rings. The molecule has 1 atom stereocenters. The van der Waals surface area contributed by atoms with Crippen LogP contribution in [0.1, 0.15) is 53.9 Å². The third-order valence-corrected chi connectivity index (χ3v) is 4.13. The maximum Gasteiger partial charge on any atom is 0.317 e. The number of piperidine rings is 1. The molecule has 0 aromatic rings. The molecular weight excluding hydrogens is 304 g/mol. The number of hydrogen-bond donors (Lipinski definition) is 3. The lowest BCUT2D eigenvalue weighted by molar-refractivity contribution is -0.150. The Morgan fingerprint density at radius 3 is 2.25 bits per heavy atom. The van der Waals surface area contributed by atoms with Crippen molar-refractivity contribution in [2.75, 3.05) is 19.6 Å².